The van der Waals surface area contributed by atoms with Crippen molar-refractivity contribution < 1.29 is 18.4 Å². The molecule has 0 fully saturated rings. The highest BCUT2D eigenvalue weighted by Crippen LogP contribution is 2.35. The summed E-state index contributed by atoms with van der Waals surface area (Å²) in [5.41, 5.74) is 2.25. The first-order chi connectivity index (χ1) is 10.3. The first-order valence-electron chi connectivity index (χ1n) is 6.79. The fourth-order valence-corrected chi connectivity index (χ4v) is 2.64. The number of benzene rings is 2. The summed E-state index contributed by atoms with van der Waals surface area (Å²) in [6.45, 7) is 2.09. The lowest BCUT2D eigenvalue weighted by molar-refractivity contribution is 0.0492. The first kappa shape index (κ1) is 12.0. The average Bonchev–Trinajstić information content (AvgIpc) is 3.07. The molecule has 0 bridgehead atoms. The molecule has 0 radical (unpaired) electrons. The molecule has 0 atom stereocenters. The van der Waals surface area contributed by atoms with E-state index in [0.717, 1.165) is 27.3 Å². The minimum atomic E-state index is -0.449. The third kappa shape index (κ3) is 1.72. The number of carbonyl (C=O) groups excluding carboxylic acids is 1. The second-order valence-corrected chi connectivity index (χ2v) is 4.78. The van der Waals surface area contributed by atoms with Gasteiger partial charge < -0.3 is 13.6 Å². The van der Waals surface area contributed by atoms with Gasteiger partial charge in [0.2, 0.25) is 5.76 Å². The Labute approximate surface area is 119 Å². The Hall–Kier alpha value is -2.75. The number of ether oxygens (including phenoxy) is 1. The molecule has 4 aromatic rings. The van der Waals surface area contributed by atoms with Gasteiger partial charge in [-0.25, -0.2) is 4.79 Å². The summed E-state index contributed by atoms with van der Waals surface area (Å²) in [5, 5.41) is 2.83. The molecule has 21 heavy (non-hydrogen) atoms. The van der Waals surface area contributed by atoms with Crippen molar-refractivity contribution in [3.05, 3.63) is 48.2 Å². The lowest BCUT2D eigenvalue weighted by atomic mass is 10.1. The zero-order valence-electron chi connectivity index (χ0n) is 11.4. The van der Waals surface area contributed by atoms with Crippen LogP contribution in [-0.4, -0.2) is 12.6 Å². The maximum absolute atomic E-state index is 11.8. The van der Waals surface area contributed by atoms with Crippen molar-refractivity contribution in [3.8, 4) is 0 Å². The van der Waals surface area contributed by atoms with Gasteiger partial charge in [0.15, 0.2) is 0 Å². The van der Waals surface area contributed by atoms with Gasteiger partial charge in [0.25, 0.3) is 0 Å². The summed E-state index contributed by atoms with van der Waals surface area (Å²) in [7, 11) is 0. The number of fused-ring (bicyclic) bond motifs is 5. The Morgan fingerprint density at radius 3 is 2.62 bits per heavy atom. The molecule has 104 valence electrons. The van der Waals surface area contributed by atoms with Crippen molar-refractivity contribution >= 4 is 38.9 Å². The number of esters is 1. The minimum absolute atomic E-state index is 0.213. The molecule has 0 unspecified atom stereocenters. The predicted molar refractivity (Wildman–Crippen MR) is 79.4 cm³/mol. The number of hydrogen-bond acceptors (Lipinski definition) is 4. The molecule has 0 N–H and O–H groups in total. The SMILES string of the molecule is CCOC(=O)c1cc2c(ccc3oc4ccccc4c32)o1. The van der Waals surface area contributed by atoms with Crippen molar-refractivity contribution in [3.63, 3.8) is 0 Å². The van der Waals surface area contributed by atoms with E-state index in [2.05, 4.69) is 0 Å². The van der Waals surface area contributed by atoms with Crippen LogP contribution in [0.25, 0.3) is 32.9 Å². The van der Waals surface area contributed by atoms with Crippen LogP contribution in [-0.2, 0) is 4.74 Å². The molecule has 4 rings (SSSR count). The van der Waals surface area contributed by atoms with E-state index in [1.54, 1.807) is 13.0 Å². The molecule has 2 aromatic carbocycles. The summed E-state index contributed by atoms with van der Waals surface area (Å²) in [4.78, 5) is 11.8. The second-order valence-electron chi connectivity index (χ2n) is 4.78. The third-order valence-corrected chi connectivity index (χ3v) is 3.52. The predicted octanol–water partition coefficient (Wildman–Crippen LogP) is 4.51. The zero-order valence-corrected chi connectivity index (χ0v) is 11.4. The van der Waals surface area contributed by atoms with E-state index in [1.807, 2.05) is 36.4 Å². The van der Waals surface area contributed by atoms with E-state index in [0.29, 0.717) is 12.2 Å². The van der Waals surface area contributed by atoms with Crippen molar-refractivity contribution in [2.45, 2.75) is 6.92 Å². The summed E-state index contributed by atoms with van der Waals surface area (Å²) >= 11 is 0. The number of furan rings is 2. The van der Waals surface area contributed by atoms with Gasteiger partial charge in [-0.1, -0.05) is 18.2 Å². The summed E-state index contributed by atoms with van der Waals surface area (Å²) < 4.78 is 16.4. The molecular formula is C17H12O4. The van der Waals surface area contributed by atoms with E-state index in [1.165, 1.54) is 0 Å². The van der Waals surface area contributed by atoms with Crippen LogP contribution in [0.15, 0.2) is 51.3 Å². The maximum Gasteiger partial charge on any atom is 0.374 e. The van der Waals surface area contributed by atoms with Crippen molar-refractivity contribution in [2.75, 3.05) is 6.61 Å². The van der Waals surface area contributed by atoms with E-state index < -0.39 is 5.97 Å². The first-order valence-corrected chi connectivity index (χ1v) is 6.79. The van der Waals surface area contributed by atoms with E-state index in [-0.39, 0.29) is 5.76 Å². The Morgan fingerprint density at radius 1 is 1.00 bits per heavy atom. The van der Waals surface area contributed by atoms with Crippen LogP contribution < -0.4 is 0 Å². The van der Waals surface area contributed by atoms with Crippen molar-refractivity contribution in [1.82, 2.24) is 0 Å². The fourth-order valence-electron chi connectivity index (χ4n) is 2.64. The smallest absolute Gasteiger partial charge is 0.374 e. The number of hydrogen-bond donors (Lipinski definition) is 0. The summed E-state index contributed by atoms with van der Waals surface area (Å²) in [6, 6.07) is 13.2. The Bertz CT molecular complexity index is 974. The van der Waals surface area contributed by atoms with Crippen molar-refractivity contribution in [1.29, 1.82) is 0 Å². The summed E-state index contributed by atoms with van der Waals surface area (Å²) in [5.74, 6) is -0.237. The molecule has 0 saturated carbocycles. The molecule has 0 saturated heterocycles. The molecule has 0 spiro atoms. The topological polar surface area (TPSA) is 52.6 Å². The lowest BCUT2D eigenvalue weighted by Gasteiger charge is -1.95. The monoisotopic (exact) mass is 280 g/mol. The van der Waals surface area contributed by atoms with Crippen LogP contribution >= 0.6 is 0 Å². The van der Waals surface area contributed by atoms with Crippen LogP contribution in [0.4, 0.5) is 0 Å². The second kappa shape index (κ2) is 4.38. The van der Waals surface area contributed by atoms with Gasteiger partial charge in [-0.05, 0) is 25.1 Å². The normalized spacial score (nSPS) is 11.5. The minimum Gasteiger partial charge on any atom is -0.460 e. The van der Waals surface area contributed by atoms with Crippen LogP contribution in [0.5, 0.6) is 0 Å². The summed E-state index contributed by atoms with van der Waals surface area (Å²) in [6.07, 6.45) is 0. The van der Waals surface area contributed by atoms with Gasteiger partial charge in [-0.3, -0.25) is 0 Å². The lowest BCUT2D eigenvalue weighted by Crippen LogP contribution is -2.02. The molecule has 0 aliphatic rings. The van der Waals surface area contributed by atoms with Gasteiger partial charge in [-0.2, -0.15) is 0 Å². The van der Waals surface area contributed by atoms with Gasteiger partial charge in [0.05, 0.1) is 6.61 Å². The molecule has 2 aromatic heterocycles. The van der Waals surface area contributed by atoms with Gasteiger partial charge in [-0.15, -0.1) is 0 Å². The van der Waals surface area contributed by atoms with Gasteiger partial charge >= 0.3 is 5.97 Å². The van der Waals surface area contributed by atoms with E-state index in [4.69, 9.17) is 13.6 Å². The molecule has 0 aliphatic carbocycles. The van der Waals surface area contributed by atoms with Gasteiger partial charge in [0, 0.05) is 22.2 Å². The number of carbonyl (C=O) groups is 1. The Balaban J connectivity index is 2.06. The highest BCUT2D eigenvalue weighted by Gasteiger charge is 2.17. The molecular weight excluding hydrogens is 268 g/mol. The van der Waals surface area contributed by atoms with Crippen LogP contribution in [0.2, 0.25) is 0 Å². The zero-order chi connectivity index (χ0) is 14.4. The largest absolute Gasteiger partial charge is 0.460 e. The molecule has 4 nitrogen and oxygen atoms in total. The van der Waals surface area contributed by atoms with Gasteiger partial charge in [0.1, 0.15) is 16.7 Å². The average molecular weight is 280 g/mol. The fraction of sp³-hybridized carbons (Fsp3) is 0.118. The standard InChI is InChI=1S/C17H12O4/c1-2-19-17(18)15-9-11-13(21-15)7-8-14-16(11)10-5-3-4-6-12(10)20-14/h3-9H,2H2,1H3. The Morgan fingerprint density at radius 2 is 1.76 bits per heavy atom. The van der Waals surface area contributed by atoms with Crippen LogP contribution in [0.1, 0.15) is 17.5 Å². The van der Waals surface area contributed by atoms with Crippen LogP contribution in [0.3, 0.4) is 0 Å². The molecule has 0 amide bonds. The maximum atomic E-state index is 11.8. The molecule has 4 heteroatoms. The molecule has 0 aliphatic heterocycles. The van der Waals surface area contributed by atoms with Crippen molar-refractivity contribution in [2.24, 2.45) is 0 Å². The third-order valence-electron chi connectivity index (χ3n) is 3.52. The van der Waals surface area contributed by atoms with E-state index >= 15 is 0 Å². The van der Waals surface area contributed by atoms with E-state index in [9.17, 15) is 4.79 Å². The highest BCUT2D eigenvalue weighted by atomic mass is 16.5. The number of rotatable bonds is 2. The molecule has 2 heterocycles. The highest BCUT2D eigenvalue weighted by molar-refractivity contribution is 6.18. The quantitative estimate of drug-likeness (QED) is 0.507. The van der Waals surface area contributed by atoms with Crippen LogP contribution in [0, 0.1) is 0 Å². The Kier molecular flexibility index (Phi) is 2.51. The number of para-hydroxylation sites is 1.